The summed E-state index contributed by atoms with van der Waals surface area (Å²) in [6.07, 6.45) is 28.6. The van der Waals surface area contributed by atoms with Crippen molar-refractivity contribution in [3.8, 4) is 0 Å². The van der Waals surface area contributed by atoms with Gasteiger partial charge in [0.1, 0.15) is 18.3 Å². The zero-order valence-electron chi connectivity index (χ0n) is 25.7. The number of aliphatic hydroxyl groups is 1. The van der Waals surface area contributed by atoms with E-state index in [4.69, 9.17) is 9.26 Å². The number of hydrogen-bond donors (Lipinski definition) is 3. The molecule has 0 amide bonds. The highest BCUT2D eigenvalue weighted by Crippen LogP contribution is 2.39. The number of esters is 1. The average Bonchev–Trinajstić information content (AvgIpc) is 2.93. The summed E-state index contributed by atoms with van der Waals surface area (Å²) >= 11 is 0. The number of phosphoric acid groups is 1. The van der Waals surface area contributed by atoms with Gasteiger partial charge in [0.2, 0.25) is 0 Å². The van der Waals surface area contributed by atoms with Crippen LogP contribution in [-0.4, -0.2) is 39.2 Å². The molecular formula is C35H47O7P. The van der Waals surface area contributed by atoms with E-state index in [1.165, 1.54) is 12.2 Å². The largest absolute Gasteiger partial charge is 0.470 e. The summed E-state index contributed by atoms with van der Waals surface area (Å²) in [7, 11) is -4.89. The molecule has 7 nitrogen and oxygen atoms in total. The lowest BCUT2D eigenvalue weighted by atomic mass is 9.96. The standard InChI is InChI=1S/C35H47O7P/c1-7-8-16-27(2)19-22-32-23-20-28(3)21-24-34(42-43(38,39)40)33(36)25-29(4)17-14-12-10-9-11-13-15-18-30(5)31(6)26-35(37)41-32/h7-17,19-22,24-25,27,30,32-34,36H,1,6,18,23,26H2,2-5H3,(H2,38,39,40). The number of aliphatic hydroxyl groups excluding tert-OH is 1. The van der Waals surface area contributed by atoms with Crippen LogP contribution in [0.3, 0.4) is 0 Å². The zero-order valence-corrected chi connectivity index (χ0v) is 26.6. The maximum Gasteiger partial charge on any atom is 0.470 e. The first-order valence-electron chi connectivity index (χ1n) is 14.3. The van der Waals surface area contributed by atoms with Crippen molar-refractivity contribution in [1.82, 2.24) is 0 Å². The summed E-state index contributed by atoms with van der Waals surface area (Å²) < 4.78 is 22.3. The molecule has 0 aliphatic carbocycles. The molecule has 8 heteroatoms. The predicted octanol–water partition coefficient (Wildman–Crippen LogP) is 7.72. The van der Waals surface area contributed by atoms with E-state index < -0.39 is 26.1 Å². The van der Waals surface area contributed by atoms with Crippen LogP contribution in [0.4, 0.5) is 0 Å². The molecule has 0 saturated carbocycles. The molecule has 1 heterocycles. The van der Waals surface area contributed by atoms with Crippen molar-refractivity contribution in [2.45, 2.75) is 65.3 Å². The molecule has 3 N–H and O–H groups in total. The van der Waals surface area contributed by atoms with Crippen LogP contribution in [0.5, 0.6) is 0 Å². The van der Waals surface area contributed by atoms with Gasteiger partial charge in [-0.25, -0.2) is 4.57 Å². The van der Waals surface area contributed by atoms with Crippen LogP contribution in [0.15, 0.2) is 133 Å². The van der Waals surface area contributed by atoms with Gasteiger partial charge in [0.05, 0.1) is 6.42 Å². The summed E-state index contributed by atoms with van der Waals surface area (Å²) in [4.78, 5) is 31.7. The Labute approximate surface area is 257 Å². The molecule has 234 valence electrons. The number of allylic oxidation sites excluding steroid dienone is 15. The van der Waals surface area contributed by atoms with Crippen LogP contribution >= 0.6 is 7.82 Å². The van der Waals surface area contributed by atoms with Crippen LogP contribution in [0.2, 0.25) is 0 Å². The molecular weight excluding hydrogens is 563 g/mol. The summed E-state index contributed by atoms with van der Waals surface area (Å²) in [5.74, 6) is -0.187. The third kappa shape index (κ3) is 18.8. The van der Waals surface area contributed by atoms with E-state index in [1.807, 2.05) is 80.7 Å². The van der Waals surface area contributed by atoms with Crippen molar-refractivity contribution < 1.29 is 33.5 Å². The Kier molecular flexibility index (Phi) is 18.0. The van der Waals surface area contributed by atoms with Gasteiger partial charge in [-0.15, -0.1) is 0 Å². The molecule has 0 bridgehead atoms. The number of carbonyl (C=O) groups is 1. The van der Waals surface area contributed by atoms with Crippen molar-refractivity contribution in [3.63, 3.8) is 0 Å². The summed E-state index contributed by atoms with van der Waals surface area (Å²) in [6.45, 7) is 15.4. The number of hydrogen-bond acceptors (Lipinski definition) is 5. The minimum absolute atomic E-state index is 0.0919. The molecule has 5 atom stereocenters. The number of cyclic esters (lactones) is 1. The first-order valence-corrected chi connectivity index (χ1v) is 15.8. The second-order valence-electron chi connectivity index (χ2n) is 10.4. The molecule has 0 spiro atoms. The van der Waals surface area contributed by atoms with Crippen molar-refractivity contribution in [1.29, 1.82) is 0 Å². The van der Waals surface area contributed by atoms with Crippen LogP contribution in [0.25, 0.3) is 0 Å². The van der Waals surface area contributed by atoms with E-state index >= 15 is 0 Å². The van der Waals surface area contributed by atoms with Gasteiger partial charge in [-0.3, -0.25) is 9.32 Å². The predicted molar refractivity (Wildman–Crippen MR) is 176 cm³/mol. The summed E-state index contributed by atoms with van der Waals surface area (Å²) in [5.41, 5.74) is 2.19. The first-order chi connectivity index (χ1) is 20.3. The van der Waals surface area contributed by atoms with E-state index in [1.54, 1.807) is 38.2 Å². The molecule has 5 unspecified atom stereocenters. The highest BCUT2D eigenvalue weighted by Gasteiger charge is 2.25. The quantitative estimate of drug-likeness (QED) is 0.122. The maximum atomic E-state index is 12.8. The van der Waals surface area contributed by atoms with Gasteiger partial charge < -0.3 is 19.6 Å². The van der Waals surface area contributed by atoms with E-state index in [0.717, 1.165) is 17.6 Å². The van der Waals surface area contributed by atoms with Gasteiger partial charge in [-0.05, 0) is 38.2 Å². The second-order valence-corrected chi connectivity index (χ2v) is 11.6. The molecule has 1 aliphatic rings. The lowest BCUT2D eigenvalue weighted by Crippen LogP contribution is -2.24. The fourth-order valence-electron chi connectivity index (χ4n) is 3.75. The molecule has 0 fully saturated rings. The second kappa shape index (κ2) is 20.6. The van der Waals surface area contributed by atoms with Crippen LogP contribution in [-0.2, 0) is 18.6 Å². The smallest absolute Gasteiger partial charge is 0.458 e. The minimum Gasteiger partial charge on any atom is -0.458 e. The molecule has 1 aliphatic heterocycles. The van der Waals surface area contributed by atoms with Crippen LogP contribution < -0.4 is 0 Å². The van der Waals surface area contributed by atoms with E-state index in [2.05, 4.69) is 13.2 Å². The highest BCUT2D eigenvalue weighted by atomic mass is 31.2. The van der Waals surface area contributed by atoms with E-state index in [9.17, 15) is 24.3 Å². The average molecular weight is 611 g/mol. The third-order valence-electron chi connectivity index (χ3n) is 6.32. The monoisotopic (exact) mass is 610 g/mol. The van der Waals surface area contributed by atoms with E-state index in [-0.39, 0.29) is 24.2 Å². The van der Waals surface area contributed by atoms with Crippen molar-refractivity contribution in [2.75, 3.05) is 0 Å². The van der Waals surface area contributed by atoms with Gasteiger partial charge >= 0.3 is 13.8 Å². The molecule has 1 rings (SSSR count). The molecule has 0 aromatic carbocycles. The SMILES string of the molecule is C=CC=CC(C)C=CC1CC=C(C)C=CC(OP(=O)(O)O)C(O)C=C(C)C=CC=CC=CC=CCC(C)C(=C)CC(=O)O1. The lowest BCUT2D eigenvalue weighted by molar-refractivity contribution is -0.146. The van der Waals surface area contributed by atoms with Crippen LogP contribution in [0, 0.1) is 11.8 Å². The fraction of sp³-hybridized carbons (Fsp3) is 0.343. The number of rotatable bonds is 6. The summed E-state index contributed by atoms with van der Waals surface area (Å²) in [6, 6.07) is 0. The molecule has 0 radical (unpaired) electrons. The Bertz CT molecular complexity index is 1240. The fourth-order valence-corrected chi connectivity index (χ4v) is 4.26. The zero-order chi connectivity index (χ0) is 32.3. The van der Waals surface area contributed by atoms with E-state index in [0.29, 0.717) is 12.0 Å². The molecule has 0 aromatic rings. The Balaban J connectivity index is 3.37. The Morgan fingerprint density at radius 1 is 1.05 bits per heavy atom. The summed E-state index contributed by atoms with van der Waals surface area (Å²) in [5, 5.41) is 10.7. The Morgan fingerprint density at radius 3 is 2.40 bits per heavy atom. The number of phosphoric ester groups is 1. The van der Waals surface area contributed by atoms with Crippen molar-refractivity contribution in [2.24, 2.45) is 11.8 Å². The lowest BCUT2D eigenvalue weighted by Gasteiger charge is -2.19. The topological polar surface area (TPSA) is 113 Å². The van der Waals surface area contributed by atoms with Gasteiger partial charge in [-0.1, -0.05) is 141 Å². The number of carbonyl (C=O) groups excluding carboxylic acids is 1. The minimum atomic E-state index is -4.89. The molecule has 0 aromatic heterocycles. The first kappa shape index (κ1) is 37.7. The van der Waals surface area contributed by atoms with Gasteiger partial charge in [0.15, 0.2) is 0 Å². The van der Waals surface area contributed by atoms with Crippen LogP contribution in [0.1, 0.15) is 47.0 Å². The third-order valence-corrected chi connectivity index (χ3v) is 6.84. The Morgan fingerprint density at radius 2 is 1.72 bits per heavy atom. The Hall–Kier alpha value is -3.32. The van der Waals surface area contributed by atoms with Crippen molar-refractivity contribution >= 4 is 13.8 Å². The molecule has 0 saturated heterocycles. The highest BCUT2D eigenvalue weighted by molar-refractivity contribution is 7.46. The normalized spacial score (nSPS) is 24.9. The van der Waals surface area contributed by atoms with Gasteiger partial charge in [-0.2, -0.15) is 0 Å². The van der Waals surface area contributed by atoms with Gasteiger partial charge in [0.25, 0.3) is 0 Å². The molecule has 43 heavy (non-hydrogen) atoms. The van der Waals surface area contributed by atoms with Crippen molar-refractivity contribution in [3.05, 3.63) is 133 Å². The van der Waals surface area contributed by atoms with Gasteiger partial charge in [0, 0.05) is 6.42 Å². The number of ether oxygens (including phenoxy) is 1. The maximum absolute atomic E-state index is 12.8.